The Hall–Kier alpha value is -0.900. The molecule has 0 saturated carbocycles. The van der Waals surface area contributed by atoms with Gasteiger partial charge in [0.25, 0.3) is 0 Å². The third-order valence-corrected chi connectivity index (χ3v) is 2.63. The maximum atomic E-state index is 7.68. The molecule has 2 aromatic rings. The van der Waals surface area contributed by atoms with Gasteiger partial charge in [0.05, 0.1) is 6.20 Å². The van der Waals surface area contributed by atoms with E-state index in [0.717, 1.165) is 0 Å². The third kappa shape index (κ3) is 1.78. The molecule has 4 heteroatoms. The lowest BCUT2D eigenvalue weighted by Crippen LogP contribution is -2.15. The molecule has 2 heterocycles. The van der Waals surface area contributed by atoms with E-state index in [4.69, 9.17) is 4.11 Å². The van der Waals surface area contributed by atoms with Crippen molar-refractivity contribution in [3.05, 3.63) is 22.6 Å². The first-order valence-electron chi connectivity index (χ1n) is 6.15. The van der Waals surface area contributed by atoms with Crippen LogP contribution in [0.25, 0.3) is 11.2 Å². The summed E-state index contributed by atoms with van der Waals surface area (Å²) in [6, 6.07) is 1.79. The maximum Gasteiger partial charge on any atom is 0.159 e. The van der Waals surface area contributed by atoms with Gasteiger partial charge in [-0.2, -0.15) is 0 Å². The Morgan fingerprint density at radius 1 is 1.47 bits per heavy atom. The lowest BCUT2D eigenvalue weighted by molar-refractivity contribution is 0.546. The highest BCUT2D eigenvalue weighted by Gasteiger charge is 2.20. The lowest BCUT2D eigenvalue weighted by atomic mass is 9.92. The second-order valence-corrected chi connectivity index (χ2v) is 5.33. The van der Waals surface area contributed by atoms with Crippen molar-refractivity contribution >= 4 is 27.1 Å². The maximum absolute atomic E-state index is 7.68. The fourth-order valence-corrected chi connectivity index (χ4v) is 1.76. The van der Waals surface area contributed by atoms with Crippen LogP contribution in [0.2, 0.25) is 0 Å². The summed E-state index contributed by atoms with van der Waals surface area (Å²) in [5.74, 6) is 0. The van der Waals surface area contributed by atoms with E-state index in [-0.39, 0.29) is 5.41 Å². The Morgan fingerprint density at radius 3 is 2.80 bits per heavy atom. The molecule has 0 bridgehead atoms. The van der Waals surface area contributed by atoms with E-state index < -0.39 is 6.98 Å². The van der Waals surface area contributed by atoms with E-state index in [9.17, 15) is 0 Å². The van der Waals surface area contributed by atoms with Crippen LogP contribution in [-0.2, 0) is 12.4 Å². The second-order valence-electron chi connectivity index (χ2n) is 4.52. The largest absolute Gasteiger partial charge is 0.331 e. The van der Waals surface area contributed by atoms with Crippen molar-refractivity contribution in [1.29, 1.82) is 0 Å². The molecule has 0 aliphatic carbocycles. The first-order valence-corrected chi connectivity index (χ1v) is 5.45. The number of halogens is 1. The van der Waals surface area contributed by atoms with Gasteiger partial charge in [-0.15, -0.1) is 0 Å². The topological polar surface area (TPSA) is 30.7 Å². The van der Waals surface area contributed by atoms with Crippen molar-refractivity contribution in [2.75, 3.05) is 0 Å². The van der Waals surface area contributed by atoms with Crippen molar-refractivity contribution in [3.63, 3.8) is 0 Å². The molecule has 0 N–H and O–H groups in total. The number of aromatic nitrogens is 3. The number of aryl methyl sites for hydroxylation is 1. The highest BCUT2D eigenvalue weighted by Crippen LogP contribution is 2.27. The van der Waals surface area contributed by atoms with Crippen LogP contribution in [0.1, 0.15) is 30.6 Å². The molecule has 0 fully saturated rings. The molecule has 0 aromatic carbocycles. The molecule has 0 atom stereocenters. The van der Waals surface area contributed by atoms with E-state index in [1.807, 2.05) is 20.8 Å². The van der Waals surface area contributed by atoms with Crippen molar-refractivity contribution in [2.45, 2.75) is 26.2 Å². The molecule has 15 heavy (non-hydrogen) atoms. The minimum atomic E-state index is -2.26. The van der Waals surface area contributed by atoms with Gasteiger partial charge in [-0.1, -0.05) is 20.8 Å². The predicted molar refractivity (Wildman–Crippen MR) is 64.9 cm³/mol. The minimum Gasteiger partial charge on any atom is -0.331 e. The van der Waals surface area contributed by atoms with Crippen LogP contribution in [0.15, 0.2) is 16.9 Å². The van der Waals surface area contributed by atoms with Crippen LogP contribution in [0.5, 0.6) is 0 Å². The highest BCUT2D eigenvalue weighted by molar-refractivity contribution is 9.10. The molecule has 0 saturated heterocycles. The number of nitrogens with zero attached hydrogens (tertiary/aromatic N) is 3. The average Bonchev–Trinajstić information content (AvgIpc) is 2.54. The summed E-state index contributed by atoms with van der Waals surface area (Å²) in [4.78, 5) is 8.44. The van der Waals surface area contributed by atoms with E-state index >= 15 is 0 Å². The average molecular weight is 271 g/mol. The zero-order valence-corrected chi connectivity index (χ0v) is 10.5. The minimum absolute atomic E-state index is 0.288. The van der Waals surface area contributed by atoms with Crippen LogP contribution >= 0.6 is 15.9 Å². The quantitative estimate of drug-likeness (QED) is 0.737. The Kier molecular flexibility index (Phi) is 1.63. The van der Waals surface area contributed by atoms with Crippen molar-refractivity contribution in [2.24, 2.45) is 6.98 Å². The molecule has 2 aromatic heterocycles. The molecule has 0 aliphatic heterocycles. The van der Waals surface area contributed by atoms with Crippen molar-refractivity contribution < 1.29 is 4.11 Å². The van der Waals surface area contributed by atoms with Crippen LogP contribution in [0.4, 0.5) is 0 Å². The Balaban J connectivity index is 2.87. The summed E-state index contributed by atoms with van der Waals surface area (Å²) in [6.45, 7) is 3.65. The molecule has 0 amide bonds. The van der Waals surface area contributed by atoms with E-state index in [0.29, 0.717) is 21.5 Å². The second kappa shape index (κ2) is 3.30. The lowest BCUT2D eigenvalue weighted by Gasteiger charge is -2.19. The first-order chi connectivity index (χ1) is 8.10. The zero-order valence-electron chi connectivity index (χ0n) is 11.9. The number of fused-ring (bicyclic) bond motifs is 1. The van der Waals surface area contributed by atoms with Crippen molar-refractivity contribution in [1.82, 2.24) is 14.5 Å². The van der Waals surface area contributed by atoms with Gasteiger partial charge in [0.2, 0.25) is 0 Å². The van der Waals surface area contributed by atoms with Gasteiger partial charge in [-0.25, -0.2) is 4.98 Å². The highest BCUT2D eigenvalue weighted by atomic mass is 79.9. The van der Waals surface area contributed by atoms with Crippen molar-refractivity contribution in [3.8, 4) is 0 Å². The van der Waals surface area contributed by atoms with E-state index in [1.165, 1.54) is 4.57 Å². The van der Waals surface area contributed by atoms with Gasteiger partial charge < -0.3 is 4.57 Å². The monoisotopic (exact) mass is 270 g/mol. The standard InChI is InChI=1S/C11H14BrN3/c1-11(2,3)8-5-7-10(15(8)4)14-9(12)6-13-7/h5-6H,1-4H3/i4D3. The summed E-state index contributed by atoms with van der Waals surface area (Å²) < 4.78 is 24.8. The first kappa shape index (κ1) is 7.39. The molecule has 80 valence electrons. The molecular weight excluding hydrogens is 254 g/mol. The normalized spacial score (nSPS) is 16.1. The van der Waals surface area contributed by atoms with E-state index in [1.54, 1.807) is 12.3 Å². The zero-order chi connectivity index (χ0) is 13.7. The number of hydrogen-bond donors (Lipinski definition) is 0. The van der Waals surface area contributed by atoms with Gasteiger partial charge in [0, 0.05) is 22.2 Å². The van der Waals surface area contributed by atoms with Crippen LogP contribution < -0.4 is 0 Å². The fraction of sp³-hybridized carbons (Fsp3) is 0.455. The van der Waals surface area contributed by atoms with Gasteiger partial charge in [0.1, 0.15) is 10.1 Å². The SMILES string of the molecule is [2H]C([2H])([2H])n1c(C(C)(C)C)cc2ncc(Br)nc21. The smallest absolute Gasteiger partial charge is 0.159 e. The van der Waals surface area contributed by atoms with Gasteiger partial charge in [-0.3, -0.25) is 4.98 Å². The molecule has 2 rings (SSSR count). The summed E-state index contributed by atoms with van der Waals surface area (Å²) in [5, 5.41) is 0. The molecule has 0 radical (unpaired) electrons. The third-order valence-electron chi connectivity index (χ3n) is 2.25. The summed E-state index contributed by atoms with van der Waals surface area (Å²) in [5.41, 5.74) is 1.40. The molecule has 0 unspecified atom stereocenters. The van der Waals surface area contributed by atoms with Gasteiger partial charge in [0.15, 0.2) is 5.65 Å². The molecule has 0 spiro atoms. The predicted octanol–water partition coefficient (Wildman–Crippen LogP) is 3.03. The summed E-state index contributed by atoms with van der Waals surface area (Å²) >= 11 is 3.22. The van der Waals surface area contributed by atoms with E-state index in [2.05, 4.69) is 25.9 Å². The summed E-state index contributed by atoms with van der Waals surface area (Å²) in [7, 11) is 0. The molecular formula is C11H14BrN3. The molecule has 0 aliphatic rings. The Labute approximate surface area is 102 Å². The van der Waals surface area contributed by atoms with Gasteiger partial charge >= 0.3 is 0 Å². The molecule has 3 nitrogen and oxygen atoms in total. The van der Waals surface area contributed by atoms with Crippen LogP contribution in [0.3, 0.4) is 0 Å². The van der Waals surface area contributed by atoms with Crippen LogP contribution in [0, 0.1) is 0 Å². The van der Waals surface area contributed by atoms with Crippen LogP contribution in [-0.4, -0.2) is 14.5 Å². The number of rotatable bonds is 0. The fourth-order valence-electron chi connectivity index (χ4n) is 1.49. The Morgan fingerprint density at radius 2 is 2.20 bits per heavy atom. The number of hydrogen-bond acceptors (Lipinski definition) is 2. The van der Waals surface area contributed by atoms with Gasteiger partial charge in [-0.05, 0) is 22.0 Å². The summed E-state index contributed by atoms with van der Waals surface area (Å²) in [6.07, 6.45) is 1.57. The Bertz CT molecular complexity index is 596.